The first-order chi connectivity index (χ1) is 11.4. The topological polar surface area (TPSA) is 114 Å². The molecule has 5 atom stereocenters. The summed E-state index contributed by atoms with van der Waals surface area (Å²) in [6.45, 7) is 2.60. The molecule has 1 unspecified atom stereocenters. The Morgan fingerprint density at radius 2 is 2.25 bits per heavy atom. The molecule has 3 aliphatic heterocycles. The number of rotatable bonds is 6. The van der Waals surface area contributed by atoms with E-state index in [4.69, 9.17) is 10.1 Å². The summed E-state index contributed by atoms with van der Waals surface area (Å²) < 4.78 is 5.19. The molecule has 0 aromatic rings. The fraction of sp³-hybridized carbons (Fsp3) is 0.688. The summed E-state index contributed by atoms with van der Waals surface area (Å²) in [5.41, 5.74) is 0.837. The van der Waals surface area contributed by atoms with E-state index in [9.17, 15) is 19.8 Å². The average molecular weight is 337 g/mol. The smallest absolute Gasteiger partial charge is 0.352 e. The maximum Gasteiger partial charge on any atom is 0.352 e. The minimum atomic E-state index is -1.10. The zero-order chi connectivity index (χ0) is 17.6. The highest BCUT2D eigenvalue weighted by Gasteiger charge is 2.57. The summed E-state index contributed by atoms with van der Waals surface area (Å²) in [6, 6.07) is -0.218. The lowest BCUT2D eigenvalue weighted by Crippen LogP contribution is -2.61. The second-order valence-corrected chi connectivity index (χ2v) is 6.79. The van der Waals surface area contributed by atoms with Crippen LogP contribution in [0.2, 0.25) is 0 Å². The number of amides is 1. The van der Waals surface area contributed by atoms with Gasteiger partial charge in [0, 0.05) is 19.6 Å². The van der Waals surface area contributed by atoms with E-state index in [1.54, 1.807) is 14.0 Å². The van der Waals surface area contributed by atoms with Crippen molar-refractivity contribution in [2.75, 3.05) is 20.3 Å². The van der Waals surface area contributed by atoms with Crippen LogP contribution in [0.4, 0.5) is 0 Å². The molecule has 24 heavy (non-hydrogen) atoms. The third-order valence-electron chi connectivity index (χ3n) is 5.44. The van der Waals surface area contributed by atoms with Crippen LogP contribution in [0.3, 0.4) is 0 Å². The average Bonchev–Trinajstić information content (AvgIpc) is 3.06. The minimum absolute atomic E-state index is 0.0223. The SMILES string of the molecule is COC[C@@H]1CC(C2=C(C(=O)O)N3C(=O)[C@H]([C@@H](C)O)[C@H]3C2)CN1C=N. The van der Waals surface area contributed by atoms with Crippen molar-refractivity contribution in [3.63, 3.8) is 0 Å². The van der Waals surface area contributed by atoms with E-state index >= 15 is 0 Å². The first-order valence-electron chi connectivity index (χ1n) is 8.13. The maximum atomic E-state index is 12.2. The molecule has 0 aromatic carbocycles. The number of likely N-dealkylation sites (tertiary alicyclic amines) is 1. The molecule has 0 aromatic heterocycles. The van der Waals surface area contributed by atoms with Gasteiger partial charge in [-0.05, 0) is 25.3 Å². The van der Waals surface area contributed by atoms with Crippen molar-refractivity contribution in [1.82, 2.24) is 9.80 Å². The maximum absolute atomic E-state index is 12.2. The number of carbonyl (C=O) groups is 2. The summed E-state index contributed by atoms with van der Waals surface area (Å²) in [7, 11) is 1.60. The molecule has 8 heteroatoms. The van der Waals surface area contributed by atoms with Crippen molar-refractivity contribution >= 4 is 18.2 Å². The highest BCUT2D eigenvalue weighted by Crippen LogP contribution is 2.47. The fourth-order valence-electron chi connectivity index (χ4n) is 4.37. The molecule has 0 radical (unpaired) electrons. The van der Waals surface area contributed by atoms with Crippen LogP contribution in [0.15, 0.2) is 11.3 Å². The number of aliphatic hydroxyl groups is 1. The molecule has 3 rings (SSSR count). The van der Waals surface area contributed by atoms with Crippen LogP contribution in [-0.4, -0.2) is 76.7 Å². The predicted octanol–water partition coefficient (Wildman–Crippen LogP) is -0.119. The number of carboxylic acid groups (broad SMARTS) is 1. The largest absolute Gasteiger partial charge is 0.477 e. The molecule has 1 amide bonds. The fourth-order valence-corrected chi connectivity index (χ4v) is 4.37. The quantitative estimate of drug-likeness (QED) is 0.354. The van der Waals surface area contributed by atoms with Crippen molar-refractivity contribution in [2.24, 2.45) is 11.8 Å². The van der Waals surface area contributed by atoms with E-state index in [0.717, 1.165) is 5.57 Å². The Bertz CT molecular complexity index is 603. The van der Waals surface area contributed by atoms with Gasteiger partial charge in [-0.1, -0.05) is 0 Å². The molecular formula is C16H23N3O5. The van der Waals surface area contributed by atoms with Crippen molar-refractivity contribution in [3.8, 4) is 0 Å². The Morgan fingerprint density at radius 3 is 2.79 bits per heavy atom. The number of ether oxygens (including phenoxy) is 1. The normalized spacial score (nSPS) is 33.5. The number of aliphatic carboxylic acids is 1. The van der Waals surface area contributed by atoms with Crippen molar-refractivity contribution in [3.05, 3.63) is 11.3 Å². The lowest BCUT2D eigenvalue weighted by molar-refractivity contribution is -0.161. The van der Waals surface area contributed by atoms with Gasteiger partial charge in [-0.2, -0.15) is 0 Å². The van der Waals surface area contributed by atoms with Crippen LogP contribution >= 0.6 is 0 Å². The van der Waals surface area contributed by atoms with Crippen molar-refractivity contribution < 1.29 is 24.5 Å². The monoisotopic (exact) mass is 337 g/mol. The van der Waals surface area contributed by atoms with Gasteiger partial charge in [0.15, 0.2) is 0 Å². The van der Waals surface area contributed by atoms with Crippen LogP contribution in [0.1, 0.15) is 19.8 Å². The van der Waals surface area contributed by atoms with Gasteiger partial charge in [0.05, 0.1) is 37.1 Å². The molecule has 0 saturated carbocycles. The number of nitrogens with zero attached hydrogens (tertiary/aromatic N) is 2. The van der Waals surface area contributed by atoms with Crippen LogP contribution in [0, 0.1) is 17.2 Å². The lowest BCUT2D eigenvalue weighted by atomic mass is 9.81. The molecule has 3 aliphatic rings. The minimum Gasteiger partial charge on any atom is -0.477 e. The highest BCUT2D eigenvalue weighted by atomic mass is 16.5. The van der Waals surface area contributed by atoms with Crippen LogP contribution in [0.5, 0.6) is 0 Å². The van der Waals surface area contributed by atoms with Crippen molar-refractivity contribution in [2.45, 2.75) is 38.0 Å². The lowest BCUT2D eigenvalue weighted by Gasteiger charge is -2.44. The number of nitrogens with one attached hydrogen (secondary N) is 1. The predicted molar refractivity (Wildman–Crippen MR) is 84.3 cm³/mol. The molecule has 8 nitrogen and oxygen atoms in total. The summed E-state index contributed by atoms with van der Waals surface area (Å²) in [6.07, 6.45) is 1.66. The first-order valence-corrected chi connectivity index (χ1v) is 8.13. The number of methoxy groups -OCH3 is 1. The van der Waals surface area contributed by atoms with Crippen LogP contribution in [0.25, 0.3) is 0 Å². The number of fused-ring (bicyclic) bond motifs is 1. The number of carboxylic acids is 1. The number of hydrogen-bond donors (Lipinski definition) is 3. The van der Waals surface area contributed by atoms with Crippen LogP contribution in [-0.2, 0) is 14.3 Å². The van der Waals surface area contributed by atoms with Gasteiger partial charge < -0.3 is 24.7 Å². The Kier molecular flexibility index (Phi) is 4.35. The molecule has 0 bridgehead atoms. The number of aliphatic hydroxyl groups excluding tert-OH is 1. The molecule has 2 saturated heterocycles. The Balaban J connectivity index is 1.86. The molecule has 132 valence electrons. The summed E-state index contributed by atoms with van der Waals surface area (Å²) >= 11 is 0. The molecule has 2 fully saturated rings. The Labute approximate surface area is 140 Å². The standard InChI is InChI=1S/C16H23N3O5/c1-8(20)13-12-4-11(14(16(22)23)19(12)15(13)21)9-3-10(6-24-2)18(5-9)7-17/h7-10,12-13,17,20H,3-6H2,1-2H3,(H,22,23)/t8-,9?,10+,12-,13-/m1/s1. The summed E-state index contributed by atoms with van der Waals surface area (Å²) in [4.78, 5) is 27.2. The van der Waals surface area contributed by atoms with Gasteiger partial charge in [0.2, 0.25) is 5.91 Å². The summed E-state index contributed by atoms with van der Waals surface area (Å²) in [5.74, 6) is -1.95. The zero-order valence-corrected chi connectivity index (χ0v) is 13.8. The molecular weight excluding hydrogens is 314 g/mol. The zero-order valence-electron chi connectivity index (χ0n) is 13.8. The van der Waals surface area contributed by atoms with Gasteiger partial charge >= 0.3 is 5.97 Å². The van der Waals surface area contributed by atoms with Gasteiger partial charge in [0.25, 0.3) is 0 Å². The van der Waals surface area contributed by atoms with E-state index in [1.165, 1.54) is 11.2 Å². The van der Waals surface area contributed by atoms with E-state index < -0.39 is 18.0 Å². The molecule has 3 N–H and O–H groups in total. The van der Waals surface area contributed by atoms with E-state index in [2.05, 4.69) is 0 Å². The molecule has 3 heterocycles. The van der Waals surface area contributed by atoms with Crippen LogP contribution < -0.4 is 0 Å². The van der Waals surface area contributed by atoms with Crippen molar-refractivity contribution in [1.29, 1.82) is 5.41 Å². The number of β-lactam (4-membered cyclic amide) rings is 1. The first kappa shape index (κ1) is 16.9. The second kappa shape index (κ2) is 6.18. The summed E-state index contributed by atoms with van der Waals surface area (Å²) in [5, 5.41) is 26.9. The molecule has 0 spiro atoms. The van der Waals surface area contributed by atoms with Gasteiger partial charge in [-0.3, -0.25) is 10.2 Å². The number of hydrogen-bond acceptors (Lipinski definition) is 5. The Hall–Kier alpha value is -1.93. The van der Waals surface area contributed by atoms with E-state index in [0.29, 0.717) is 26.0 Å². The third kappa shape index (κ3) is 2.41. The van der Waals surface area contributed by atoms with E-state index in [-0.39, 0.29) is 29.6 Å². The highest BCUT2D eigenvalue weighted by molar-refractivity contribution is 5.99. The van der Waals surface area contributed by atoms with E-state index in [1.807, 2.05) is 4.90 Å². The van der Waals surface area contributed by atoms with Gasteiger partial charge in [0.1, 0.15) is 5.70 Å². The Morgan fingerprint density at radius 1 is 1.54 bits per heavy atom. The number of carbonyl (C=O) groups excluding carboxylic acids is 1. The van der Waals surface area contributed by atoms with Gasteiger partial charge in [-0.25, -0.2) is 4.79 Å². The molecule has 0 aliphatic carbocycles. The second-order valence-electron chi connectivity index (χ2n) is 6.79. The third-order valence-corrected chi connectivity index (χ3v) is 5.44. The van der Waals surface area contributed by atoms with Gasteiger partial charge in [-0.15, -0.1) is 0 Å².